The van der Waals surface area contributed by atoms with Crippen LogP contribution in [0.1, 0.15) is 32.3 Å². The third-order valence-electron chi connectivity index (χ3n) is 3.08. The molecule has 0 aliphatic heterocycles. The van der Waals surface area contributed by atoms with Crippen LogP contribution < -0.4 is 14.8 Å². The zero-order valence-electron chi connectivity index (χ0n) is 11.8. The lowest BCUT2D eigenvalue weighted by molar-refractivity contribution is 0.294. The molecule has 19 heavy (non-hydrogen) atoms. The molecule has 0 amide bonds. The molecule has 0 saturated heterocycles. The van der Waals surface area contributed by atoms with E-state index in [-0.39, 0.29) is 0 Å². The zero-order chi connectivity index (χ0) is 13.5. The van der Waals surface area contributed by atoms with Gasteiger partial charge in [-0.15, -0.1) is 0 Å². The van der Waals surface area contributed by atoms with Gasteiger partial charge in [-0.3, -0.25) is 0 Å². The monoisotopic (exact) mass is 261 g/mol. The van der Waals surface area contributed by atoms with Gasteiger partial charge in [-0.25, -0.2) is 0 Å². The van der Waals surface area contributed by atoms with E-state index >= 15 is 0 Å². The van der Waals surface area contributed by atoms with Crippen LogP contribution in [-0.2, 0) is 6.54 Å². The number of allylic oxidation sites excluding steroid dienone is 1. The van der Waals surface area contributed by atoms with E-state index in [1.807, 2.05) is 38.1 Å². The van der Waals surface area contributed by atoms with Crippen molar-refractivity contribution in [3.63, 3.8) is 0 Å². The summed E-state index contributed by atoms with van der Waals surface area (Å²) >= 11 is 0. The summed E-state index contributed by atoms with van der Waals surface area (Å²) in [6.45, 7) is 6.06. The molecule has 1 aromatic rings. The van der Waals surface area contributed by atoms with Gasteiger partial charge in [0.2, 0.25) is 0 Å². The molecule has 3 heteroatoms. The van der Waals surface area contributed by atoms with E-state index in [0.29, 0.717) is 19.3 Å². The van der Waals surface area contributed by atoms with Crippen molar-refractivity contribution in [2.75, 3.05) is 13.2 Å². The fraction of sp³-hybridized carbons (Fsp3) is 0.500. The molecule has 2 rings (SSSR count). The lowest BCUT2D eigenvalue weighted by Crippen LogP contribution is -2.16. The van der Waals surface area contributed by atoms with Crippen LogP contribution >= 0.6 is 0 Å². The molecule has 1 aliphatic rings. The van der Waals surface area contributed by atoms with E-state index in [1.165, 1.54) is 18.4 Å². The molecule has 1 aliphatic carbocycles. The number of ether oxygens (including phenoxy) is 2. The van der Waals surface area contributed by atoms with Gasteiger partial charge in [-0.2, -0.15) is 0 Å². The maximum absolute atomic E-state index is 5.86. The summed E-state index contributed by atoms with van der Waals surface area (Å²) in [5.41, 5.74) is 1.17. The first kappa shape index (κ1) is 13.9. The zero-order valence-corrected chi connectivity index (χ0v) is 11.8. The number of para-hydroxylation sites is 1. The van der Waals surface area contributed by atoms with E-state index < -0.39 is 0 Å². The summed E-state index contributed by atoms with van der Waals surface area (Å²) in [5, 5.41) is 3.52. The lowest BCUT2D eigenvalue weighted by Gasteiger charge is -2.15. The summed E-state index contributed by atoms with van der Waals surface area (Å²) in [4.78, 5) is 0. The normalized spacial score (nSPS) is 14.8. The highest BCUT2D eigenvalue weighted by Crippen LogP contribution is 2.32. The Morgan fingerprint density at radius 1 is 1.32 bits per heavy atom. The van der Waals surface area contributed by atoms with Gasteiger partial charge in [0.25, 0.3) is 0 Å². The molecule has 0 unspecified atom stereocenters. The number of hydrogen-bond donors (Lipinski definition) is 1. The average Bonchev–Trinajstić information content (AvgIpc) is 3.23. The minimum atomic E-state index is 0.580. The van der Waals surface area contributed by atoms with Crippen molar-refractivity contribution in [1.29, 1.82) is 0 Å². The first-order valence-corrected chi connectivity index (χ1v) is 7.07. The van der Waals surface area contributed by atoms with Crippen molar-refractivity contribution in [2.45, 2.75) is 39.3 Å². The van der Waals surface area contributed by atoms with Gasteiger partial charge >= 0.3 is 0 Å². The third kappa shape index (κ3) is 4.28. The van der Waals surface area contributed by atoms with Crippen LogP contribution in [0.5, 0.6) is 11.5 Å². The van der Waals surface area contributed by atoms with Crippen LogP contribution in [0, 0.1) is 0 Å². The topological polar surface area (TPSA) is 30.5 Å². The number of nitrogens with one attached hydrogen (secondary N) is 1. The number of rotatable bonds is 8. The summed E-state index contributed by atoms with van der Waals surface area (Å²) in [6.07, 6.45) is 6.58. The minimum absolute atomic E-state index is 0.580. The minimum Gasteiger partial charge on any atom is -0.490 e. The highest BCUT2D eigenvalue weighted by Gasteiger charge is 2.21. The lowest BCUT2D eigenvalue weighted by atomic mass is 10.2. The molecule has 0 spiro atoms. The molecule has 0 bridgehead atoms. The van der Waals surface area contributed by atoms with Crippen LogP contribution in [0.25, 0.3) is 0 Å². The van der Waals surface area contributed by atoms with Gasteiger partial charge in [0.15, 0.2) is 11.5 Å². The molecule has 104 valence electrons. The van der Waals surface area contributed by atoms with E-state index in [9.17, 15) is 0 Å². The van der Waals surface area contributed by atoms with Crippen LogP contribution in [0.15, 0.2) is 30.4 Å². The summed E-state index contributed by atoms with van der Waals surface area (Å²) in [6, 6.07) is 6.79. The number of hydrogen-bond acceptors (Lipinski definition) is 3. The Hall–Kier alpha value is -1.48. The molecule has 0 heterocycles. The van der Waals surface area contributed by atoms with Crippen LogP contribution in [0.4, 0.5) is 0 Å². The van der Waals surface area contributed by atoms with E-state index in [4.69, 9.17) is 9.47 Å². The maximum Gasteiger partial charge on any atom is 0.166 e. The van der Waals surface area contributed by atoms with Gasteiger partial charge in [0.05, 0.1) is 6.61 Å². The molecule has 0 atom stereocenters. The molecule has 1 saturated carbocycles. The molecule has 1 fully saturated rings. The van der Waals surface area contributed by atoms with E-state index in [0.717, 1.165) is 18.0 Å². The molecular formula is C16H23NO2. The smallest absolute Gasteiger partial charge is 0.166 e. The highest BCUT2D eigenvalue weighted by atomic mass is 16.5. The summed E-state index contributed by atoms with van der Waals surface area (Å²) < 4.78 is 11.5. The van der Waals surface area contributed by atoms with Crippen molar-refractivity contribution in [2.24, 2.45) is 0 Å². The Kier molecular flexibility index (Phi) is 5.28. The second kappa shape index (κ2) is 7.19. The largest absolute Gasteiger partial charge is 0.490 e. The van der Waals surface area contributed by atoms with E-state index in [1.54, 1.807) is 0 Å². The predicted octanol–water partition coefficient (Wildman–Crippen LogP) is 3.29. The van der Waals surface area contributed by atoms with Crippen molar-refractivity contribution in [1.82, 2.24) is 5.32 Å². The quantitative estimate of drug-likeness (QED) is 0.728. The molecule has 0 radical (unpaired) electrons. The fourth-order valence-corrected chi connectivity index (χ4v) is 1.90. The van der Waals surface area contributed by atoms with Crippen LogP contribution in [0.2, 0.25) is 0 Å². The molecular weight excluding hydrogens is 238 g/mol. The van der Waals surface area contributed by atoms with Gasteiger partial charge < -0.3 is 14.8 Å². The third-order valence-corrected chi connectivity index (χ3v) is 3.08. The van der Waals surface area contributed by atoms with Crippen LogP contribution in [-0.4, -0.2) is 19.3 Å². The van der Waals surface area contributed by atoms with Crippen molar-refractivity contribution >= 4 is 0 Å². The van der Waals surface area contributed by atoms with Crippen molar-refractivity contribution < 1.29 is 9.47 Å². The van der Waals surface area contributed by atoms with Crippen molar-refractivity contribution in [3.05, 3.63) is 35.9 Å². The molecule has 3 nitrogen and oxygen atoms in total. The standard InChI is InChI=1S/C16H23NO2/c1-3-5-11-19-16-13(12-17-14-9-10-14)7-6-8-15(16)18-4-2/h3,5-8,14,17H,4,9-12H2,1-2H3/b5-3+. The Labute approximate surface area is 115 Å². The summed E-state index contributed by atoms with van der Waals surface area (Å²) in [5.74, 6) is 1.71. The Morgan fingerprint density at radius 2 is 2.16 bits per heavy atom. The van der Waals surface area contributed by atoms with Crippen LogP contribution in [0.3, 0.4) is 0 Å². The molecule has 1 aromatic carbocycles. The van der Waals surface area contributed by atoms with Gasteiger partial charge in [0, 0.05) is 18.2 Å². The first-order valence-electron chi connectivity index (χ1n) is 7.07. The molecule has 0 aromatic heterocycles. The second-order valence-corrected chi connectivity index (χ2v) is 4.71. The SMILES string of the molecule is C/C=C/COc1c(CNC2CC2)cccc1OCC. The molecule has 1 N–H and O–H groups in total. The Balaban J connectivity index is 2.09. The Bertz CT molecular complexity index is 425. The predicted molar refractivity (Wildman–Crippen MR) is 77.8 cm³/mol. The number of benzene rings is 1. The first-order chi connectivity index (χ1) is 9.35. The second-order valence-electron chi connectivity index (χ2n) is 4.71. The Morgan fingerprint density at radius 3 is 2.84 bits per heavy atom. The van der Waals surface area contributed by atoms with Crippen molar-refractivity contribution in [3.8, 4) is 11.5 Å². The fourth-order valence-electron chi connectivity index (χ4n) is 1.90. The van der Waals surface area contributed by atoms with E-state index in [2.05, 4.69) is 11.4 Å². The summed E-state index contributed by atoms with van der Waals surface area (Å²) in [7, 11) is 0. The van der Waals surface area contributed by atoms with Gasteiger partial charge in [-0.1, -0.05) is 24.3 Å². The maximum atomic E-state index is 5.86. The van der Waals surface area contributed by atoms with Gasteiger partial charge in [-0.05, 0) is 32.8 Å². The highest BCUT2D eigenvalue weighted by molar-refractivity contribution is 5.46. The van der Waals surface area contributed by atoms with Gasteiger partial charge in [0.1, 0.15) is 6.61 Å². The average molecular weight is 261 g/mol.